The predicted molar refractivity (Wildman–Crippen MR) is 132 cm³/mol. The molecule has 2 amide bonds. The number of hydrogen-bond donors (Lipinski definition) is 4. The van der Waals surface area contributed by atoms with E-state index in [1.54, 1.807) is 50.4 Å². The number of carbonyl (C=O) groups is 2. The molecule has 0 aromatic heterocycles. The first kappa shape index (κ1) is 25.9. The highest BCUT2D eigenvalue weighted by atomic mass is 16.6. The molecule has 186 valence electrons. The Balaban J connectivity index is 1.70. The van der Waals surface area contributed by atoms with E-state index < -0.39 is 30.8 Å². The van der Waals surface area contributed by atoms with Crippen molar-refractivity contribution in [2.45, 2.75) is 32.2 Å². The van der Waals surface area contributed by atoms with Crippen molar-refractivity contribution in [1.82, 2.24) is 0 Å². The summed E-state index contributed by atoms with van der Waals surface area (Å²) in [6, 6.07) is 12.3. The third kappa shape index (κ3) is 6.44. The molecule has 0 aliphatic carbocycles. The Bertz CT molecular complexity index is 1130. The molecule has 2 aromatic carbocycles. The lowest BCUT2D eigenvalue weighted by Gasteiger charge is -2.20. The van der Waals surface area contributed by atoms with E-state index in [9.17, 15) is 19.8 Å². The number of anilines is 2. The minimum Gasteiger partial charge on any atom is -0.497 e. The van der Waals surface area contributed by atoms with Gasteiger partial charge in [-0.25, -0.2) is 0 Å². The second kappa shape index (κ2) is 11.6. The van der Waals surface area contributed by atoms with Crippen molar-refractivity contribution < 1.29 is 34.1 Å². The molecule has 10 heteroatoms. The molecule has 2 aromatic rings. The third-order valence-corrected chi connectivity index (χ3v) is 5.41. The molecule has 0 spiro atoms. The lowest BCUT2D eigenvalue weighted by molar-refractivity contribution is -0.120. The van der Waals surface area contributed by atoms with Gasteiger partial charge in [0, 0.05) is 29.6 Å². The van der Waals surface area contributed by atoms with Crippen LogP contribution in [0.15, 0.2) is 47.6 Å². The number of rotatable bonds is 10. The fourth-order valence-electron chi connectivity index (χ4n) is 3.37. The number of aliphatic hydroxyl groups excluding tert-OH is 2. The van der Waals surface area contributed by atoms with Crippen molar-refractivity contribution in [2.75, 3.05) is 31.5 Å². The summed E-state index contributed by atoms with van der Waals surface area (Å²) in [6.07, 6.45) is -1.26. The highest BCUT2D eigenvalue weighted by Gasteiger charge is 2.26. The molecule has 0 unspecified atom stereocenters. The molecule has 0 fully saturated rings. The summed E-state index contributed by atoms with van der Waals surface area (Å²) < 4.78 is 10.3. The fourth-order valence-corrected chi connectivity index (χ4v) is 3.37. The summed E-state index contributed by atoms with van der Waals surface area (Å²) in [5, 5.41) is 29.0. The van der Waals surface area contributed by atoms with Crippen LogP contribution < -0.4 is 15.4 Å². The monoisotopic (exact) mass is 483 g/mol. The molecule has 10 nitrogen and oxygen atoms in total. The van der Waals surface area contributed by atoms with Crippen LogP contribution in [0.1, 0.15) is 25.0 Å². The average molecular weight is 484 g/mol. The molecule has 1 heterocycles. The van der Waals surface area contributed by atoms with Crippen LogP contribution in [0.2, 0.25) is 0 Å². The SMILES string of the molecule is COc1ccc(/C=C2\C(=O)Nc3ccc(NC(=O)CO/N=C(/[C@H](C)OC)[C@@H](O)[C@@H](C)O)cc32)cc1. The van der Waals surface area contributed by atoms with E-state index in [0.717, 1.165) is 5.56 Å². The van der Waals surface area contributed by atoms with Gasteiger partial charge in [0.15, 0.2) is 6.61 Å². The number of ether oxygens (including phenoxy) is 2. The first-order valence-electron chi connectivity index (χ1n) is 10.9. The van der Waals surface area contributed by atoms with Crippen molar-refractivity contribution >= 4 is 40.5 Å². The first-order valence-corrected chi connectivity index (χ1v) is 10.9. The Morgan fingerprint density at radius 3 is 2.49 bits per heavy atom. The fraction of sp³-hybridized carbons (Fsp3) is 0.320. The minimum atomic E-state index is -1.30. The second-order valence-corrected chi connectivity index (χ2v) is 7.95. The molecule has 0 radical (unpaired) electrons. The van der Waals surface area contributed by atoms with Crippen LogP contribution in [0.25, 0.3) is 11.6 Å². The van der Waals surface area contributed by atoms with Gasteiger partial charge in [-0.05, 0) is 55.8 Å². The Labute approximate surface area is 203 Å². The zero-order valence-corrected chi connectivity index (χ0v) is 19.9. The Kier molecular flexibility index (Phi) is 8.58. The van der Waals surface area contributed by atoms with Gasteiger partial charge in [-0.2, -0.15) is 0 Å². The summed E-state index contributed by atoms with van der Waals surface area (Å²) in [4.78, 5) is 30.0. The summed E-state index contributed by atoms with van der Waals surface area (Å²) in [6.45, 7) is 2.60. The quantitative estimate of drug-likeness (QED) is 0.231. The van der Waals surface area contributed by atoms with Crippen molar-refractivity contribution in [3.63, 3.8) is 0 Å². The zero-order valence-electron chi connectivity index (χ0n) is 19.9. The Morgan fingerprint density at radius 1 is 1.14 bits per heavy atom. The Hall–Kier alpha value is -3.73. The molecule has 35 heavy (non-hydrogen) atoms. The van der Waals surface area contributed by atoms with Crippen LogP contribution >= 0.6 is 0 Å². The second-order valence-electron chi connectivity index (χ2n) is 7.95. The van der Waals surface area contributed by atoms with E-state index in [-0.39, 0.29) is 11.6 Å². The number of hydrogen-bond acceptors (Lipinski definition) is 8. The molecular weight excluding hydrogens is 454 g/mol. The maximum absolute atomic E-state index is 12.5. The van der Waals surface area contributed by atoms with E-state index in [0.29, 0.717) is 28.3 Å². The highest BCUT2D eigenvalue weighted by molar-refractivity contribution is 6.35. The van der Waals surface area contributed by atoms with Crippen molar-refractivity contribution in [3.05, 3.63) is 53.6 Å². The summed E-state index contributed by atoms with van der Waals surface area (Å²) in [5.74, 6) is -0.0276. The van der Waals surface area contributed by atoms with Gasteiger partial charge in [0.1, 0.15) is 17.6 Å². The molecule has 0 bridgehead atoms. The molecule has 3 rings (SSSR count). The largest absolute Gasteiger partial charge is 0.497 e. The first-order chi connectivity index (χ1) is 16.7. The number of benzene rings is 2. The number of carbonyl (C=O) groups excluding carboxylic acids is 2. The highest BCUT2D eigenvalue weighted by Crippen LogP contribution is 2.35. The standard InChI is InChI=1S/C25H29N3O7/c1-14(29)24(31)23(15(2)33-3)28-35-13-22(30)26-17-7-10-21-19(12-17)20(25(32)27-21)11-16-5-8-18(34-4)9-6-16/h5-12,14-15,24,29,31H,13H2,1-4H3,(H,26,30)(H,27,32)/b20-11-,28-23-/t14-,15+,24+/m1/s1. The Morgan fingerprint density at radius 2 is 1.86 bits per heavy atom. The van der Waals surface area contributed by atoms with Crippen LogP contribution in [-0.4, -0.2) is 66.9 Å². The van der Waals surface area contributed by atoms with E-state index in [2.05, 4.69) is 15.8 Å². The van der Waals surface area contributed by atoms with E-state index in [1.807, 2.05) is 12.1 Å². The van der Waals surface area contributed by atoms with Gasteiger partial charge in [0.25, 0.3) is 11.8 Å². The number of fused-ring (bicyclic) bond motifs is 1. The van der Waals surface area contributed by atoms with Crippen LogP contribution in [-0.2, 0) is 19.2 Å². The van der Waals surface area contributed by atoms with Gasteiger partial charge < -0.3 is 35.2 Å². The van der Waals surface area contributed by atoms with Crippen molar-refractivity contribution in [3.8, 4) is 5.75 Å². The van der Waals surface area contributed by atoms with E-state index in [4.69, 9.17) is 14.3 Å². The third-order valence-electron chi connectivity index (χ3n) is 5.41. The molecule has 0 saturated carbocycles. The van der Waals surface area contributed by atoms with Crippen LogP contribution in [0.5, 0.6) is 5.75 Å². The van der Waals surface area contributed by atoms with Crippen LogP contribution in [0.3, 0.4) is 0 Å². The molecule has 0 saturated heterocycles. The smallest absolute Gasteiger partial charge is 0.265 e. The molecule has 1 aliphatic rings. The number of aliphatic hydroxyl groups is 2. The predicted octanol–water partition coefficient (Wildman–Crippen LogP) is 2.28. The zero-order chi connectivity index (χ0) is 25.5. The van der Waals surface area contributed by atoms with Gasteiger partial charge in [0.2, 0.25) is 0 Å². The average Bonchev–Trinajstić information content (AvgIpc) is 3.15. The topological polar surface area (TPSA) is 139 Å². The summed E-state index contributed by atoms with van der Waals surface area (Å²) in [5.41, 5.74) is 3.11. The van der Waals surface area contributed by atoms with E-state index >= 15 is 0 Å². The number of methoxy groups -OCH3 is 2. The number of nitrogens with zero attached hydrogens (tertiary/aromatic N) is 1. The van der Waals surface area contributed by atoms with Crippen molar-refractivity contribution in [1.29, 1.82) is 0 Å². The van der Waals surface area contributed by atoms with Gasteiger partial charge in [0.05, 0.1) is 19.3 Å². The minimum absolute atomic E-state index is 0.0609. The summed E-state index contributed by atoms with van der Waals surface area (Å²) >= 11 is 0. The molecule has 3 atom stereocenters. The normalized spacial score (nSPS) is 16.8. The maximum Gasteiger partial charge on any atom is 0.265 e. The van der Waals surface area contributed by atoms with Gasteiger partial charge in [-0.3, -0.25) is 9.59 Å². The number of nitrogens with one attached hydrogen (secondary N) is 2. The van der Waals surface area contributed by atoms with E-state index in [1.165, 1.54) is 14.0 Å². The van der Waals surface area contributed by atoms with Crippen LogP contribution in [0, 0.1) is 0 Å². The number of oxime groups is 1. The maximum atomic E-state index is 12.5. The van der Waals surface area contributed by atoms with Crippen molar-refractivity contribution in [2.24, 2.45) is 5.16 Å². The van der Waals surface area contributed by atoms with Gasteiger partial charge in [-0.15, -0.1) is 0 Å². The van der Waals surface area contributed by atoms with Gasteiger partial charge >= 0.3 is 0 Å². The number of amides is 2. The molecular formula is C25H29N3O7. The molecule has 1 aliphatic heterocycles. The van der Waals surface area contributed by atoms with Gasteiger partial charge in [-0.1, -0.05) is 17.3 Å². The van der Waals surface area contributed by atoms with Crippen LogP contribution in [0.4, 0.5) is 11.4 Å². The lowest BCUT2D eigenvalue weighted by Crippen LogP contribution is -2.39. The molecule has 4 N–H and O–H groups in total. The lowest BCUT2D eigenvalue weighted by atomic mass is 10.0. The summed E-state index contributed by atoms with van der Waals surface area (Å²) in [7, 11) is 3.01.